The molecule has 0 bridgehead atoms. The minimum absolute atomic E-state index is 0.0822. The first kappa shape index (κ1) is 14.4. The molecule has 108 valence electrons. The van der Waals surface area contributed by atoms with Crippen molar-refractivity contribution < 1.29 is 18.3 Å². The Morgan fingerprint density at radius 2 is 2.15 bits per heavy atom. The van der Waals surface area contributed by atoms with Gasteiger partial charge in [-0.1, -0.05) is 18.3 Å². The number of rotatable bonds is 5. The number of hydrogen-bond acceptors (Lipinski definition) is 7. The van der Waals surface area contributed by atoms with E-state index < -0.39 is 26.6 Å². The molecule has 9 nitrogen and oxygen atoms in total. The molecule has 11 heteroatoms. The third-order valence-electron chi connectivity index (χ3n) is 2.35. The molecule has 0 fully saturated rings. The van der Waals surface area contributed by atoms with Crippen molar-refractivity contribution in [2.75, 3.05) is 4.72 Å². The molecule has 20 heavy (non-hydrogen) atoms. The van der Waals surface area contributed by atoms with Gasteiger partial charge in [0.05, 0.1) is 5.69 Å². The van der Waals surface area contributed by atoms with Crippen LogP contribution >= 0.6 is 11.3 Å². The van der Waals surface area contributed by atoms with E-state index in [0.29, 0.717) is 11.4 Å². The summed E-state index contributed by atoms with van der Waals surface area (Å²) in [6.07, 6.45) is 0.629. The molecular formula is C9H11N5O4S2. The summed E-state index contributed by atoms with van der Waals surface area (Å²) in [5.74, 6) is -1.43. The largest absolute Gasteiger partial charge is 0.476 e. The average Bonchev–Trinajstić information content (AvgIpc) is 2.95. The number of carboxylic acids is 1. The molecule has 0 aliphatic heterocycles. The van der Waals surface area contributed by atoms with Crippen molar-refractivity contribution in [2.45, 2.75) is 25.2 Å². The molecule has 0 unspecified atom stereocenters. The van der Waals surface area contributed by atoms with Gasteiger partial charge in [-0.15, -0.1) is 10.2 Å². The number of aromatic amines is 1. The lowest BCUT2D eigenvalue weighted by molar-refractivity contribution is 0.0686. The number of carboxylic acid groups (broad SMARTS) is 1. The fourth-order valence-electron chi connectivity index (χ4n) is 1.50. The number of aromatic carboxylic acids is 1. The zero-order valence-corrected chi connectivity index (χ0v) is 12.2. The van der Waals surface area contributed by atoms with E-state index in [9.17, 15) is 13.2 Å². The highest BCUT2D eigenvalue weighted by atomic mass is 32.2. The average molecular weight is 317 g/mol. The lowest BCUT2D eigenvalue weighted by Gasteiger charge is -2.04. The first-order valence-corrected chi connectivity index (χ1v) is 7.78. The van der Waals surface area contributed by atoms with Crippen LogP contribution in [0.1, 0.15) is 28.1 Å². The Kier molecular flexibility index (Phi) is 3.72. The van der Waals surface area contributed by atoms with Crippen LogP contribution < -0.4 is 4.72 Å². The maximum Gasteiger partial charge on any atom is 0.357 e. The molecule has 0 aliphatic rings. The van der Waals surface area contributed by atoms with Crippen molar-refractivity contribution in [3.05, 3.63) is 16.4 Å². The van der Waals surface area contributed by atoms with Crippen LogP contribution in [0, 0.1) is 6.92 Å². The van der Waals surface area contributed by atoms with Crippen molar-refractivity contribution >= 4 is 32.5 Å². The monoisotopic (exact) mass is 317 g/mol. The van der Waals surface area contributed by atoms with Crippen molar-refractivity contribution in [2.24, 2.45) is 0 Å². The van der Waals surface area contributed by atoms with Gasteiger partial charge in [0.1, 0.15) is 9.90 Å². The lowest BCUT2D eigenvalue weighted by Crippen LogP contribution is -2.16. The fraction of sp³-hybridized carbons (Fsp3) is 0.333. The molecule has 2 rings (SSSR count). The summed E-state index contributed by atoms with van der Waals surface area (Å²) in [4.78, 5) is 10.6. The summed E-state index contributed by atoms with van der Waals surface area (Å²) in [5.41, 5.74) is -0.426. The molecule has 0 saturated heterocycles. The maximum absolute atomic E-state index is 12.2. The molecule has 0 radical (unpaired) electrons. The van der Waals surface area contributed by atoms with Crippen LogP contribution in [-0.4, -0.2) is 39.9 Å². The standard InChI is InChI=1S/C9H11N5O4S2/c1-3-5-11-13-9(19-5)14-20(17,18)7-4(2)10-12-6(7)8(15)16/h3H2,1-2H3,(H,10,12)(H,13,14)(H,15,16). The van der Waals surface area contributed by atoms with Crippen molar-refractivity contribution in [3.63, 3.8) is 0 Å². The maximum atomic E-state index is 12.2. The van der Waals surface area contributed by atoms with Crippen LogP contribution in [0.25, 0.3) is 0 Å². The molecule has 0 saturated carbocycles. The first-order valence-electron chi connectivity index (χ1n) is 5.48. The third kappa shape index (κ3) is 2.63. The second kappa shape index (κ2) is 5.17. The minimum atomic E-state index is -4.09. The van der Waals surface area contributed by atoms with E-state index in [4.69, 9.17) is 5.11 Å². The number of H-pyrrole nitrogens is 1. The Labute approximate surface area is 118 Å². The molecule has 0 spiro atoms. The Balaban J connectivity index is 2.40. The summed E-state index contributed by atoms with van der Waals surface area (Å²) < 4.78 is 26.6. The van der Waals surface area contributed by atoms with Gasteiger partial charge < -0.3 is 5.11 Å². The summed E-state index contributed by atoms with van der Waals surface area (Å²) in [5, 5.41) is 23.0. The molecule has 0 aliphatic carbocycles. The molecule has 0 aromatic carbocycles. The van der Waals surface area contributed by atoms with Crippen molar-refractivity contribution in [1.82, 2.24) is 20.4 Å². The Morgan fingerprint density at radius 3 is 2.70 bits per heavy atom. The van der Waals surface area contributed by atoms with Crippen LogP contribution in [0.3, 0.4) is 0 Å². The van der Waals surface area contributed by atoms with E-state index in [1.807, 2.05) is 6.92 Å². The van der Waals surface area contributed by atoms with E-state index in [1.165, 1.54) is 6.92 Å². The highest BCUT2D eigenvalue weighted by molar-refractivity contribution is 7.93. The Morgan fingerprint density at radius 1 is 1.45 bits per heavy atom. The normalized spacial score (nSPS) is 11.5. The topological polar surface area (TPSA) is 138 Å². The van der Waals surface area contributed by atoms with E-state index >= 15 is 0 Å². The van der Waals surface area contributed by atoms with Crippen LogP contribution in [0.2, 0.25) is 0 Å². The second-order valence-corrected chi connectivity index (χ2v) is 6.47. The number of sulfonamides is 1. The predicted molar refractivity (Wildman–Crippen MR) is 70.4 cm³/mol. The molecule has 2 heterocycles. The summed E-state index contributed by atoms with van der Waals surface area (Å²) >= 11 is 1.09. The highest BCUT2D eigenvalue weighted by Crippen LogP contribution is 2.23. The summed E-state index contributed by atoms with van der Waals surface area (Å²) in [6, 6.07) is 0. The number of aromatic nitrogens is 4. The quantitative estimate of drug-likeness (QED) is 0.735. The van der Waals surface area contributed by atoms with Crippen molar-refractivity contribution in [1.29, 1.82) is 0 Å². The molecule has 2 aromatic rings. The van der Waals surface area contributed by atoms with Crippen molar-refractivity contribution in [3.8, 4) is 0 Å². The number of anilines is 1. The minimum Gasteiger partial charge on any atom is -0.476 e. The Bertz CT molecular complexity index is 748. The van der Waals surface area contributed by atoms with Gasteiger partial charge >= 0.3 is 5.97 Å². The molecule has 3 N–H and O–H groups in total. The molecule has 0 atom stereocenters. The predicted octanol–water partition coefficient (Wildman–Crippen LogP) is 0.631. The van der Waals surface area contributed by atoms with Crippen LogP contribution in [0.5, 0.6) is 0 Å². The molecule has 2 aromatic heterocycles. The van der Waals surface area contributed by atoms with Gasteiger partial charge in [0.15, 0.2) is 5.69 Å². The molecule has 0 amide bonds. The van der Waals surface area contributed by atoms with Gasteiger partial charge in [-0.25, -0.2) is 13.2 Å². The van der Waals surface area contributed by atoms with Gasteiger partial charge in [-0.3, -0.25) is 9.82 Å². The van der Waals surface area contributed by atoms with Crippen LogP contribution in [0.4, 0.5) is 5.13 Å². The number of carbonyl (C=O) groups is 1. The smallest absolute Gasteiger partial charge is 0.357 e. The zero-order valence-electron chi connectivity index (χ0n) is 10.5. The number of hydrogen-bond donors (Lipinski definition) is 3. The number of nitrogens with zero attached hydrogens (tertiary/aromatic N) is 3. The highest BCUT2D eigenvalue weighted by Gasteiger charge is 2.29. The SMILES string of the molecule is CCc1nnc(NS(=O)(=O)c2c(C(=O)O)n[nH]c2C)s1. The van der Waals surface area contributed by atoms with Gasteiger partial charge in [0.2, 0.25) is 5.13 Å². The number of nitrogens with one attached hydrogen (secondary N) is 2. The van der Waals surface area contributed by atoms with Gasteiger partial charge in [-0.05, 0) is 13.3 Å². The van der Waals surface area contributed by atoms with Gasteiger partial charge in [0, 0.05) is 0 Å². The van der Waals surface area contributed by atoms with Crippen LogP contribution in [-0.2, 0) is 16.4 Å². The van der Waals surface area contributed by atoms with E-state index in [0.717, 1.165) is 11.3 Å². The molecular weight excluding hydrogens is 306 g/mol. The number of aryl methyl sites for hydroxylation is 2. The fourth-order valence-corrected chi connectivity index (χ4v) is 3.73. The third-order valence-corrected chi connectivity index (χ3v) is 4.96. The Hall–Kier alpha value is -2.01. The van der Waals surface area contributed by atoms with Crippen LogP contribution in [0.15, 0.2) is 4.90 Å². The van der Waals surface area contributed by atoms with Gasteiger partial charge in [0.25, 0.3) is 10.0 Å². The van der Waals surface area contributed by atoms with E-state index in [1.54, 1.807) is 0 Å². The first-order chi connectivity index (χ1) is 9.35. The summed E-state index contributed by atoms with van der Waals surface area (Å²) in [7, 11) is -4.09. The zero-order chi connectivity index (χ0) is 14.9. The van der Waals surface area contributed by atoms with E-state index in [2.05, 4.69) is 25.1 Å². The van der Waals surface area contributed by atoms with Gasteiger partial charge in [-0.2, -0.15) is 5.10 Å². The lowest BCUT2D eigenvalue weighted by atomic mass is 10.4. The summed E-state index contributed by atoms with van der Waals surface area (Å²) in [6.45, 7) is 3.28. The second-order valence-electron chi connectivity index (χ2n) is 3.79. The van der Waals surface area contributed by atoms with E-state index in [-0.39, 0.29) is 10.8 Å².